The van der Waals surface area contributed by atoms with E-state index in [4.69, 9.17) is 17.0 Å². The fourth-order valence-corrected chi connectivity index (χ4v) is 3.60. The first-order chi connectivity index (χ1) is 12.3. The SMILES string of the molecule is COc1cc(/C=C2\SC(=S)NC2=O)ccc1-c1ccccc1C(F)(F)F. The highest BCUT2D eigenvalue weighted by atomic mass is 32.2. The third-order valence-electron chi connectivity index (χ3n) is 3.69. The number of carbonyl (C=O) groups excluding carboxylic acids is 1. The van der Waals surface area contributed by atoms with Crippen LogP contribution in [-0.4, -0.2) is 17.3 Å². The van der Waals surface area contributed by atoms with Crippen molar-refractivity contribution in [2.75, 3.05) is 7.11 Å². The molecule has 0 radical (unpaired) electrons. The highest BCUT2D eigenvalue weighted by molar-refractivity contribution is 8.26. The fourth-order valence-electron chi connectivity index (χ4n) is 2.56. The van der Waals surface area contributed by atoms with Crippen LogP contribution in [0.5, 0.6) is 5.75 Å². The van der Waals surface area contributed by atoms with Gasteiger partial charge in [0.25, 0.3) is 5.91 Å². The molecular formula is C18H12F3NO2S2. The normalized spacial score (nSPS) is 16.1. The predicted octanol–water partition coefficient (Wildman–Crippen LogP) is 4.87. The molecule has 8 heteroatoms. The van der Waals surface area contributed by atoms with Crippen molar-refractivity contribution < 1.29 is 22.7 Å². The van der Waals surface area contributed by atoms with E-state index in [0.717, 1.165) is 17.8 Å². The van der Waals surface area contributed by atoms with Crippen molar-refractivity contribution in [2.24, 2.45) is 0 Å². The number of halogens is 3. The van der Waals surface area contributed by atoms with Crippen LogP contribution < -0.4 is 10.1 Å². The van der Waals surface area contributed by atoms with Gasteiger partial charge in [0, 0.05) is 5.56 Å². The van der Waals surface area contributed by atoms with Crippen LogP contribution in [0.3, 0.4) is 0 Å². The molecule has 2 aromatic carbocycles. The first kappa shape index (κ1) is 18.5. The second kappa shape index (κ2) is 7.13. The van der Waals surface area contributed by atoms with Gasteiger partial charge in [0.2, 0.25) is 0 Å². The lowest BCUT2D eigenvalue weighted by Gasteiger charge is -2.15. The third kappa shape index (κ3) is 3.76. The number of nitrogens with one attached hydrogen (secondary N) is 1. The summed E-state index contributed by atoms with van der Waals surface area (Å²) in [6, 6.07) is 10.1. The van der Waals surface area contributed by atoms with E-state index >= 15 is 0 Å². The lowest BCUT2D eigenvalue weighted by Crippen LogP contribution is -2.17. The largest absolute Gasteiger partial charge is 0.496 e. The maximum Gasteiger partial charge on any atom is 0.417 e. The number of ether oxygens (including phenoxy) is 1. The Bertz CT molecular complexity index is 923. The number of benzene rings is 2. The van der Waals surface area contributed by atoms with Gasteiger partial charge in [-0.3, -0.25) is 4.79 Å². The van der Waals surface area contributed by atoms with Gasteiger partial charge in [-0.05, 0) is 29.3 Å². The number of carbonyl (C=O) groups is 1. The molecular weight excluding hydrogens is 383 g/mol. The van der Waals surface area contributed by atoms with Crippen LogP contribution in [0.25, 0.3) is 17.2 Å². The first-order valence-electron chi connectivity index (χ1n) is 7.39. The van der Waals surface area contributed by atoms with Crippen molar-refractivity contribution in [3.63, 3.8) is 0 Å². The Hall–Kier alpha value is -2.32. The smallest absolute Gasteiger partial charge is 0.417 e. The van der Waals surface area contributed by atoms with Crippen LogP contribution >= 0.6 is 24.0 Å². The number of amides is 1. The minimum Gasteiger partial charge on any atom is -0.496 e. The lowest BCUT2D eigenvalue weighted by atomic mass is 9.97. The van der Waals surface area contributed by atoms with Gasteiger partial charge < -0.3 is 10.1 Å². The Morgan fingerprint density at radius 3 is 2.50 bits per heavy atom. The monoisotopic (exact) mass is 395 g/mol. The Morgan fingerprint density at radius 1 is 1.15 bits per heavy atom. The number of thioether (sulfide) groups is 1. The van der Waals surface area contributed by atoms with Crippen molar-refractivity contribution in [3.05, 3.63) is 58.5 Å². The maximum atomic E-state index is 13.3. The molecule has 1 heterocycles. The molecule has 1 aliphatic heterocycles. The molecule has 26 heavy (non-hydrogen) atoms. The number of methoxy groups -OCH3 is 1. The molecule has 0 bridgehead atoms. The van der Waals surface area contributed by atoms with Crippen LogP contribution in [0.15, 0.2) is 47.4 Å². The number of thiocarbonyl (C=S) groups is 1. The summed E-state index contributed by atoms with van der Waals surface area (Å²) in [7, 11) is 1.39. The molecule has 1 saturated heterocycles. The molecule has 0 aromatic heterocycles. The topological polar surface area (TPSA) is 38.3 Å². The molecule has 1 amide bonds. The molecule has 0 saturated carbocycles. The molecule has 0 aliphatic carbocycles. The molecule has 134 valence electrons. The highest BCUT2D eigenvalue weighted by Gasteiger charge is 2.34. The zero-order chi connectivity index (χ0) is 18.9. The van der Waals surface area contributed by atoms with Crippen LogP contribution in [0.4, 0.5) is 13.2 Å². The quantitative estimate of drug-likeness (QED) is 0.594. The Balaban J connectivity index is 2.06. The number of hydrogen-bond donors (Lipinski definition) is 1. The van der Waals surface area contributed by atoms with E-state index in [1.807, 2.05) is 0 Å². The van der Waals surface area contributed by atoms with Crippen molar-refractivity contribution >= 4 is 40.3 Å². The molecule has 1 N–H and O–H groups in total. The van der Waals surface area contributed by atoms with Crippen molar-refractivity contribution in [1.29, 1.82) is 0 Å². The Labute approximate surface area is 157 Å². The molecule has 0 atom stereocenters. The van der Waals surface area contributed by atoms with E-state index in [0.29, 0.717) is 20.4 Å². The molecule has 1 fully saturated rings. The lowest BCUT2D eigenvalue weighted by molar-refractivity contribution is -0.137. The van der Waals surface area contributed by atoms with Crippen molar-refractivity contribution in [3.8, 4) is 16.9 Å². The molecule has 0 unspecified atom stereocenters. The number of hydrogen-bond acceptors (Lipinski definition) is 4. The minimum absolute atomic E-state index is 0.0326. The standard InChI is InChI=1S/C18H12F3NO2S2/c1-24-14-8-10(9-15-16(23)22-17(25)26-15)6-7-12(14)11-4-2-3-5-13(11)18(19,20)21/h2-9H,1H3,(H,22,23,25)/b15-9-. The number of alkyl halides is 3. The van der Waals surface area contributed by atoms with Gasteiger partial charge in [-0.25, -0.2) is 0 Å². The van der Waals surface area contributed by atoms with Crippen LogP contribution in [0.2, 0.25) is 0 Å². The maximum absolute atomic E-state index is 13.3. The zero-order valence-electron chi connectivity index (χ0n) is 13.4. The number of rotatable bonds is 3. The molecule has 1 aliphatic rings. The minimum atomic E-state index is -4.48. The van der Waals surface area contributed by atoms with Crippen LogP contribution in [-0.2, 0) is 11.0 Å². The highest BCUT2D eigenvalue weighted by Crippen LogP contribution is 2.40. The van der Waals surface area contributed by atoms with Crippen LogP contribution in [0, 0.1) is 0 Å². The zero-order valence-corrected chi connectivity index (χ0v) is 15.0. The molecule has 0 spiro atoms. The summed E-state index contributed by atoms with van der Waals surface area (Å²) in [6.45, 7) is 0. The van der Waals surface area contributed by atoms with Gasteiger partial charge in [0.15, 0.2) is 0 Å². The van der Waals surface area contributed by atoms with E-state index in [9.17, 15) is 18.0 Å². The fraction of sp³-hybridized carbons (Fsp3) is 0.111. The predicted molar refractivity (Wildman–Crippen MR) is 99.7 cm³/mol. The Morgan fingerprint density at radius 2 is 1.88 bits per heavy atom. The summed E-state index contributed by atoms with van der Waals surface area (Å²) in [6.07, 6.45) is -2.86. The first-order valence-corrected chi connectivity index (χ1v) is 8.61. The average Bonchev–Trinajstić information content (AvgIpc) is 2.91. The molecule has 3 nitrogen and oxygen atoms in total. The molecule has 2 aromatic rings. The average molecular weight is 395 g/mol. The summed E-state index contributed by atoms with van der Waals surface area (Å²) >= 11 is 6.06. The van der Waals surface area contributed by atoms with Gasteiger partial charge >= 0.3 is 6.18 Å². The van der Waals surface area contributed by atoms with Crippen LogP contribution in [0.1, 0.15) is 11.1 Å². The van der Waals surface area contributed by atoms with Gasteiger partial charge in [0.05, 0.1) is 17.6 Å². The summed E-state index contributed by atoms with van der Waals surface area (Å²) in [5.41, 5.74) is 0.241. The van der Waals surface area contributed by atoms with E-state index < -0.39 is 11.7 Å². The van der Waals surface area contributed by atoms with Crippen molar-refractivity contribution in [2.45, 2.75) is 6.18 Å². The Kier molecular flexibility index (Phi) is 5.06. The van der Waals surface area contributed by atoms with Gasteiger partial charge in [0.1, 0.15) is 10.1 Å². The second-order valence-electron chi connectivity index (χ2n) is 5.36. The van der Waals surface area contributed by atoms with Gasteiger partial charge in [-0.2, -0.15) is 13.2 Å². The van der Waals surface area contributed by atoms with E-state index in [2.05, 4.69) is 5.32 Å². The van der Waals surface area contributed by atoms with Gasteiger partial charge in [-0.15, -0.1) is 0 Å². The molecule has 3 rings (SSSR count). The summed E-state index contributed by atoms with van der Waals surface area (Å²) in [5.74, 6) is -0.0208. The van der Waals surface area contributed by atoms with E-state index in [1.54, 1.807) is 30.3 Å². The van der Waals surface area contributed by atoms with E-state index in [1.165, 1.54) is 19.2 Å². The third-order valence-corrected chi connectivity index (χ3v) is 4.85. The summed E-state index contributed by atoms with van der Waals surface area (Å²) < 4.78 is 45.5. The van der Waals surface area contributed by atoms with E-state index in [-0.39, 0.29) is 17.2 Å². The summed E-state index contributed by atoms with van der Waals surface area (Å²) in [5, 5.41) is 2.51. The second-order valence-corrected chi connectivity index (χ2v) is 7.07. The van der Waals surface area contributed by atoms with Crippen molar-refractivity contribution in [1.82, 2.24) is 5.32 Å². The summed E-state index contributed by atoms with van der Waals surface area (Å²) in [4.78, 5) is 12.2. The van der Waals surface area contributed by atoms with Gasteiger partial charge in [-0.1, -0.05) is 54.3 Å².